The number of non-ortho nitro benzene ring substituents is 1. The zero-order chi connectivity index (χ0) is 13.3. The van der Waals surface area contributed by atoms with Gasteiger partial charge in [0.05, 0.1) is 27.6 Å². The SMILES string of the molecule is Cc1nn(-c2cccc([N+](=O)[O-])c2)c(C)c1C=O. The van der Waals surface area contributed by atoms with Gasteiger partial charge in [0, 0.05) is 12.1 Å². The van der Waals surface area contributed by atoms with E-state index < -0.39 is 4.92 Å². The average Bonchev–Trinajstić information content (AvgIpc) is 2.64. The van der Waals surface area contributed by atoms with Gasteiger partial charge in [-0.3, -0.25) is 14.9 Å². The smallest absolute Gasteiger partial charge is 0.271 e. The molecule has 0 saturated heterocycles. The number of carbonyl (C=O) groups is 1. The maximum Gasteiger partial charge on any atom is 0.271 e. The number of hydrogen-bond acceptors (Lipinski definition) is 4. The molecule has 1 aromatic carbocycles. The number of carbonyl (C=O) groups excluding carboxylic acids is 1. The standard InChI is InChI=1S/C12H11N3O3/c1-8-12(7-16)9(2)14(13-8)10-4-3-5-11(6-10)15(17)18/h3-7H,1-2H3. The van der Waals surface area contributed by atoms with Crippen molar-refractivity contribution in [3.63, 3.8) is 0 Å². The lowest BCUT2D eigenvalue weighted by Crippen LogP contribution is -2.00. The van der Waals surface area contributed by atoms with E-state index in [9.17, 15) is 14.9 Å². The first-order valence-corrected chi connectivity index (χ1v) is 5.31. The first-order valence-electron chi connectivity index (χ1n) is 5.31. The van der Waals surface area contributed by atoms with Crippen LogP contribution >= 0.6 is 0 Å². The Bertz CT molecular complexity index is 631. The Labute approximate surface area is 103 Å². The lowest BCUT2D eigenvalue weighted by Gasteiger charge is -2.03. The summed E-state index contributed by atoms with van der Waals surface area (Å²) in [5.41, 5.74) is 2.35. The van der Waals surface area contributed by atoms with Crippen LogP contribution in [-0.2, 0) is 0 Å². The summed E-state index contributed by atoms with van der Waals surface area (Å²) in [6.45, 7) is 3.48. The molecule has 0 saturated carbocycles. The van der Waals surface area contributed by atoms with Crippen molar-refractivity contribution in [3.8, 4) is 5.69 Å². The fraction of sp³-hybridized carbons (Fsp3) is 0.167. The number of aldehydes is 1. The molecule has 2 aromatic rings. The van der Waals surface area contributed by atoms with Gasteiger partial charge in [-0.1, -0.05) is 6.07 Å². The highest BCUT2D eigenvalue weighted by molar-refractivity contribution is 5.78. The van der Waals surface area contributed by atoms with Gasteiger partial charge in [0.15, 0.2) is 6.29 Å². The third-order valence-corrected chi connectivity index (χ3v) is 2.75. The predicted molar refractivity (Wildman–Crippen MR) is 65.1 cm³/mol. The minimum Gasteiger partial charge on any atom is -0.298 e. The first kappa shape index (κ1) is 12.0. The molecule has 6 nitrogen and oxygen atoms in total. The summed E-state index contributed by atoms with van der Waals surface area (Å²) in [7, 11) is 0. The number of nitro groups is 1. The molecule has 0 aliphatic rings. The minimum absolute atomic E-state index is 0.00675. The molecule has 0 aliphatic heterocycles. The van der Waals surface area contributed by atoms with Gasteiger partial charge in [0.25, 0.3) is 5.69 Å². The van der Waals surface area contributed by atoms with E-state index in [0.29, 0.717) is 22.6 Å². The van der Waals surface area contributed by atoms with Gasteiger partial charge in [0.1, 0.15) is 0 Å². The summed E-state index contributed by atoms with van der Waals surface area (Å²) in [6.07, 6.45) is 0.742. The molecule has 0 unspecified atom stereocenters. The van der Waals surface area contributed by atoms with Gasteiger partial charge in [0.2, 0.25) is 0 Å². The number of benzene rings is 1. The zero-order valence-corrected chi connectivity index (χ0v) is 9.95. The average molecular weight is 245 g/mol. The molecule has 2 rings (SSSR count). The monoisotopic (exact) mass is 245 g/mol. The number of rotatable bonds is 3. The molecule has 92 valence electrons. The molecule has 18 heavy (non-hydrogen) atoms. The van der Waals surface area contributed by atoms with E-state index >= 15 is 0 Å². The molecule has 0 aliphatic carbocycles. The highest BCUT2D eigenvalue weighted by Gasteiger charge is 2.14. The van der Waals surface area contributed by atoms with Gasteiger partial charge < -0.3 is 0 Å². The molecular formula is C12H11N3O3. The molecule has 0 bridgehead atoms. The van der Waals surface area contributed by atoms with Crippen LogP contribution in [0.1, 0.15) is 21.7 Å². The van der Waals surface area contributed by atoms with Crippen LogP contribution < -0.4 is 0 Å². The lowest BCUT2D eigenvalue weighted by molar-refractivity contribution is -0.384. The first-order chi connectivity index (χ1) is 8.54. The van der Waals surface area contributed by atoms with Crippen LogP contribution in [0.5, 0.6) is 0 Å². The Kier molecular flexibility index (Phi) is 2.93. The number of hydrogen-bond donors (Lipinski definition) is 0. The van der Waals surface area contributed by atoms with Crippen LogP contribution in [0.3, 0.4) is 0 Å². The second kappa shape index (κ2) is 4.40. The van der Waals surface area contributed by atoms with Crippen LogP contribution in [0.25, 0.3) is 5.69 Å². The maximum absolute atomic E-state index is 10.9. The normalized spacial score (nSPS) is 10.3. The quantitative estimate of drug-likeness (QED) is 0.472. The Balaban J connectivity index is 2.59. The van der Waals surface area contributed by atoms with E-state index in [4.69, 9.17) is 0 Å². The van der Waals surface area contributed by atoms with Crippen molar-refractivity contribution in [3.05, 3.63) is 51.3 Å². The van der Waals surface area contributed by atoms with E-state index in [-0.39, 0.29) is 5.69 Å². The van der Waals surface area contributed by atoms with Crippen molar-refractivity contribution in [1.29, 1.82) is 0 Å². The van der Waals surface area contributed by atoms with E-state index in [0.717, 1.165) is 6.29 Å². The summed E-state index contributed by atoms with van der Waals surface area (Å²) >= 11 is 0. The molecule has 0 N–H and O–H groups in total. The van der Waals surface area contributed by atoms with Gasteiger partial charge in [-0.05, 0) is 19.9 Å². The third kappa shape index (κ3) is 1.88. The molecule has 0 atom stereocenters. The molecule has 0 fully saturated rings. The number of aromatic nitrogens is 2. The third-order valence-electron chi connectivity index (χ3n) is 2.75. The Morgan fingerprint density at radius 2 is 2.11 bits per heavy atom. The topological polar surface area (TPSA) is 78.0 Å². The highest BCUT2D eigenvalue weighted by atomic mass is 16.6. The molecule has 0 radical (unpaired) electrons. The van der Waals surface area contributed by atoms with Crippen LogP contribution in [0.15, 0.2) is 24.3 Å². The molecule has 6 heteroatoms. The van der Waals surface area contributed by atoms with Crippen LogP contribution in [0.2, 0.25) is 0 Å². The summed E-state index contributed by atoms with van der Waals surface area (Å²) in [6, 6.07) is 6.13. The molecular weight excluding hydrogens is 234 g/mol. The number of nitrogens with zero attached hydrogens (tertiary/aromatic N) is 3. The highest BCUT2D eigenvalue weighted by Crippen LogP contribution is 2.20. The van der Waals surface area contributed by atoms with Crippen molar-refractivity contribution in [2.45, 2.75) is 13.8 Å². The summed E-state index contributed by atoms with van der Waals surface area (Å²) in [4.78, 5) is 21.2. The summed E-state index contributed by atoms with van der Waals surface area (Å²) in [5, 5.41) is 14.9. The fourth-order valence-corrected chi connectivity index (χ4v) is 1.82. The maximum atomic E-state index is 10.9. The van der Waals surface area contributed by atoms with E-state index in [1.807, 2.05) is 0 Å². The Hall–Kier alpha value is -2.50. The summed E-state index contributed by atoms with van der Waals surface area (Å²) < 4.78 is 1.53. The van der Waals surface area contributed by atoms with Gasteiger partial charge in [-0.25, -0.2) is 4.68 Å². The van der Waals surface area contributed by atoms with E-state index in [1.165, 1.54) is 16.8 Å². The van der Waals surface area contributed by atoms with E-state index in [1.54, 1.807) is 26.0 Å². The largest absolute Gasteiger partial charge is 0.298 e. The Morgan fingerprint density at radius 3 is 2.67 bits per heavy atom. The molecule has 0 amide bonds. The van der Waals surface area contributed by atoms with Crippen molar-refractivity contribution < 1.29 is 9.72 Å². The summed E-state index contributed by atoms with van der Waals surface area (Å²) in [5.74, 6) is 0. The Morgan fingerprint density at radius 1 is 1.39 bits per heavy atom. The van der Waals surface area contributed by atoms with E-state index in [2.05, 4.69) is 5.10 Å². The molecule has 0 spiro atoms. The van der Waals surface area contributed by atoms with Crippen molar-refractivity contribution in [1.82, 2.24) is 9.78 Å². The lowest BCUT2D eigenvalue weighted by atomic mass is 10.2. The van der Waals surface area contributed by atoms with Crippen LogP contribution in [0.4, 0.5) is 5.69 Å². The second-order valence-electron chi connectivity index (χ2n) is 3.89. The van der Waals surface area contributed by atoms with Gasteiger partial charge in [-0.2, -0.15) is 5.10 Å². The van der Waals surface area contributed by atoms with Gasteiger partial charge in [-0.15, -0.1) is 0 Å². The van der Waals surface area contributed by atoms with Crippen molar-refractivity contribution >= 4 is 12.0 Å². The molecule has 1 heterocycles. The van der Waals surface area contributed by atoms with Crippen LogP contribution in [-0.4, -0.2) is 21.0 Å². The molecule has 1 aromatic heterocycles. The van der Waals surface area contributed by atoms with Gasteiger partial charge >= 0.3 is 0 Å². The van der Waals surface area contributed by atoms with Crippen molar-refractivity contribution in [2.24, 2.45) is 0 Å². The van der Waals surface area contributed by atoms with Crippen LogP contribution in [0, 0.1) is 24.0 Å². The minimum atomic E-state index is -0.462. The zero-order valence-electron chi connectivity index (χ0n) is 9.95. The fourth-order valence-electron chi connectivity index (χ4n) is 1.82. The number of aryl methyl sites for hydroxylation is 1. The number of nitro benzene ring substituents is 1. The van der Waals surface area contributed by atoms with Crippen molar-refractivity contribution in [2.75, 3.05) is 0 Å². The predicted octanol–water partition coefficient (Wildman–Crippen LogP) is 2.21. The second-order valence-corrected chi connectivity index (χ2v) is 3.89.